The maximum atomic E-state index is 5.70. The van der Waals surface area contributed by atoms with Gasteiger partial charge in [-0.2, -0.15) is 0 Å². The summed E-state index contributed by atoms with van der Waals surface area (Å²) in [6.07, 6.45) is 2.18. The van der Waals surface area contributed by atoms with E-state index in [1.807, 2.05) is 23.1 Å². The Morgan fingerprint density at radius 1 is 1.58 bits per heavy atom. The first-order valence-corrected chi connectivity index (χ1v) is 8.59. The van der Waals surface area contributed by atoms with Crippen LogP contribution in [0, 0.1) is 0 Å². The second-order valence-electron chi connectivity index (χ2n) is 5.45. The minimum absolute atomic E-state index is 0.121. The quantitative estimate of drug-likeness (QED) is 0.925. The van der Waals surface area contributed by atoms with E-state index in [-0.39, 0.29) is 5.60 Å². The number of nitrogens with one attached hydrogen (secondary N) is 1. The van der Waals surface area contributed by atoms with Gasteiger partial charge in [-0.05, 0) is 23.4 Å². The fourth-order valence-electron chi connectivity index (χ4n) is 2.81. The third-order valence-corrected chi connectivity index (χ3v) is 6.42. The molecule has 3 rings (SSSR count). The summed E-state index contributed by atoms with van der Waals surface area (Å²) in [6, 6.07) is 2.73. The Bertz CT molecular complexity index is 429. The summed E-state index contributed by atoms with van der Waals surface area (Å²) in [6.45, 7) is 4.72. The molecule has 3 nitrogen and oxygen atoms in total. The van der Waals surface area contributed by atoms with Gasteiger partial charge >= 0.3 is 0 Å². The molecule has 0 bridgehead atoms. The van der Waals surface area contributed by atoms with E-state index in [1.54, 1.807) is 7.11 Å². The molecule has 2 aliphatic heterocycles. The van der Waals surface area contributed by atoms with Gasteiger partial charge in [0, 0.05) is 38.0 Å². The Labute approximate surface area is 123 Å². The van der Waals surface area contributed by atoms with Crippen LogP contribution in [0.25, 0.3) is 0 Å². The van der Waals surface area contributed by atoms with Crippen molar-refractivity contribution >= 4 is 23.1 Å². The summed E-state index contributed by atoms with van der Waals surface area (Å²) in [5.74, 6) is 0. The Morgan fingerprint density at radius 2 is 2.47 bits per heavy atom. The zero-order valence-corrected chi connectivity index (χ0v) is 13.1. The molecular formula is C14H21NO2S2. The largest absolute Gasteiger partial charge is 0.378 e. The summed E-state index contributed by atoms with van der Waals surface area (Å²) >= 11 is 3.87. The third-order valence-electron chi connectivity index (χ3n) is 4.08. The lowest BCUT2D eigenvalue weighted by atomic mass is 10.00. The van der Waals surface area contributed by atoms with Crippen molar-refractivity contribution in [3.8, 4) is 0 Å². The zero-order valence-electron chi connectivity index (χ0n) is 11.5. The summed E-state index contributed by atoms with van der Waals surface area (Å²) < 4.78 is 12.7. The van der Waals surface area contributed by atoms with E-state index in [4.69, 9.17) is 9.47 Å². The SMILES string of the molecule is COC1(CNC2C[C@H](C)Sc3sccc32)CCOC1. The van der Waals surface area contributed by atoms with Crippen LogP contribution < -0.4 is 5.32 Å². The number of hydrogen-bond donors (Lipinski definition) is 1. The smallest absolute Gasteiger partial charge is 0.106 e. The minimum Gasteiger partial charge on any atom is -0.378 e. The molecule has 1 aromatic heterocycles. The highest BCUT2D eigenvalue weighted by Crippen LogP contribution is 2.43. The molecular weight excluding hydrogens is 278 g/mol. The van der Waals surface area contributed by atoms with Gasteiger partial charge in [-0.25, -0.2) is 0 Å². The molecule has 106 valence electrons. The van der Waals surface area contributed by atoms with E-state index in [1.165, 1.54) is 16.2 Å². The molecule has 0 aliphatic carbocycles. The number of fused-ring (bicyclic) bond motifs is 1. The normalized spacial score (nSPS) is 34.4. The molecule has 3 heterocycles. The molecule has 0 saturated carbocycles. The maximum absolute atomic E-state index is 5.70. The van der Waals surface area contributed by atoms with Gasteiger partial charge in [0.1, 0.15) is 5.60 Å². The molecule has 1 N–H and O–H groups in total. The lowest BCUT2D eigenvalue weighted by Gasteiger charge is -2.32. The molecule has 1 aromatic rings. The topological polar surface area (TPSA) is 30.5 Å². The van der Waals surface area contributed by atoms with Gasteiger partial charge in [0.15, 0.2) is 0 Å². The maximum Gasteiger partial charge on any atom is 0.106 e. The van der Waals surface area contributed by atoms with E-state index in [9.17, 15) is 0 Å². The first-order valence-electron chi connectivity index (χ1n) is 6.83. The fraction of sp³-hybridized carbons (Fsp3) is 0.714. The van der Waals surface area contributed by atoms with E-state index in [2.05, 4.69) is 23.7 Å². The van der Waals surface area contributed by atoms with Crippen molar-refractivity contribution in [1.29, 1.82) is 0 Å². The van der Waals surface area contributed by atoms with Gasteiger partial charge in [-0.15, -0.1) is 23.1 Å². The van der Waals surface area contributed by atoms with E-state index < -0.39 is 0 Å². The number of thiophene rings is 1. The Hall–Kier alpha value is -0.0700. The van der Waals surface area contributed by atoms with E-state index >= 15 is 0 Å². The van der Waals surface area contributed by atoms with Crippen LogP contribution in [0.1, 0.15) is 31.4 Å². The first-order chi connectivity index (χ1) is 9.22. The minimum atomic E-state index is -0.121. The number of methoxy groups -OCH3 is 1. The number of thioether (sulfide) groups is 1. The molecule has 2 unspecified atom stereocenters. The zero-order chi connectivity index (χ0) is 13.3. The Balaban J connectivity index is 1.67. The predicted molar refractivity (Wildman–Crippen MR) is 80.2 cm³/mol. The number of hydrogen-bond acceptors (Lipinski definition) is 5. The summed E-state index contributed by atoms with van der Waals surface area (Å²) in [5, 5.41) is 6.60. The van der Waals surface area contributed by atoms with Crippen molar-refractivity contribution in [3.05, 3.63) is 17.0 Å². The first kappa shape index (κ1) is 13.9. The van der Waals surface area contributed by atoms with Crippen molar-refractivity contribution in [1.82, 2.24) is 5.32 Å². The number of ether oxygens (including phenoxy) is 2. The van der Waals surface area contributed by atoms with Crippen LogP contribution in [0.4, 0.5) is 0 Å². The van der Waals surface area contributed by atoms with Crippen LogP contribution in [0.3, 0.4) is 0 Å². The summed E-state index contributed by atoms with van der Waals surface area (Å²) in [7, 11) is 1.80. The van der Waals surface area contributed by atoms with Gasteiger partial charge in [-0.1, -0.05) is 6.92 Å². The van der Waals surface area contributed by atoms with Crippen molar-refractivity contribution in [2.45, 2.75) is 40.9 Å². The van der Waals surface area contributed by atoms with E-state index in [0.29, 0.717) is 17.9 Å². The van der Waals surface area contributed by atoms with Gasteiger partial charge in [0.25, 0.3) is 0 Å². The third kappa shape index (κ3) is 2.85. The van der Waals surface area contributed by atoms with Gasteiger partial charge in [-0.3, -0.25) is 0 Å². The standard InChI is InChI=1S/C14H21NO2S2/c1-10-7-12(11-3-6-18-13(11)19-10)15-8-14(16-2)4-5-17-9-14/h3,6,10,12,15H,4-5,7-9H2,1-2H3/t10-,12?,14?/m0/s1. The highest BCUT2D eigenvalue weighted by atomic mass is 32.2. The van der Waals surface area contributed by atoms with Crippen LogP contribution in [-0.4, -0.2) is 37.7 Å². The van der Waals surface area contributed by atoms with Gasteiger partial charge < -0.3 is 14.8 Å². The Kier molecular flexibility index (Phi) is 4.19. The second kappa shape index (κ2) is 5.74. The van der Waals surface area contributed by atoms with Gasteiger partial charge in [0.05, 0.1) is 10.8 Å². The Morgan fingerprint density at radius 3 is 3.21 bits per heavy atom. The highest BCUT2D eigenvalue weighted by Gasteiger charge is 2.36. The van der Waals surface area contributed by atoms with Crippen LogP contribution >= 0.6 is 23.1 Å². The van der Waals surface area contributed by atoms with Crippen LogP contribution in [-0.2, 0) is 9.47 Å². The summed E-state index contributed by atoms with van der Waals surface area (Å²) in [4.78, 5) is 0. The number of rotatable bonds is 4. The van der Waals surface area contributed by atoms with Crippen molar-refractivity contribution in [2.24, 2.45) is 0 Å². The molecule has 0 aromatic carbocycles. The molecule has 3 atom stereocenters. The lowest BCUT2D eigenvalue weighted by molar-refractivity contribution is -0.0177. The van der Waals surface area contributed by atoms with Gasteiger partial charge in [0.2, 0.25) is 0 Å². The van der Waals surface area contributed by atoms with Crippen molar-refractivity contribution in [2.75, 3.05) is 26.9 Å². The second-order valence-corrected chi connectivity index (χ2v) is 8.07. The molecule has 5 heteroatoms. The van der Waals surface area contributed by atoms with Crippen LogP contribution in [0.5, 0.6) is 0 Å². The average Bonchev–Trinajstić information content (AvgIpc) is 3.05. The molecule has 0 amide bonds. The predicted octanol–water partition coefficient (Wildman–Crippen LogP) is 3.07. The molecule has 1 fully saturated rings. The molecule has 0 spiro atoms. The van der Waals surface area contributed by atoms with E-state index in [0.717, 1.165) is 19.6 Å². The fourth-order valence-corrected chi connectivity index (χ4v) is 5.38. The molecule has 1 saturated heterocycles. The average molecular weight is 299 g/mol. The lowest BCUT2D eigenvalue weighted by Crippen LogP contribution is -2.44. The highest BCUT2D eigenvalue weighted by molar-refractivity contribution is 8.01. The molecule has 0 radical (unpaired) electrons. The molecule has 19 heavy (non-hydrogen) atoms. The summed E-state index contributed by atoms with van der Waals surface area (Å²) in [5.41, 5.74) is 1.35. The van der Waals surface area contributed by atoms with Crippen LogP contribution in [0.2, 0.25) is 0 Å². The monoisotopic (exact) mass is 299 g/mol. The van der Waals surface area contributed by atoms with Crippen molar-refractivity contribution in [3.63, 3.8) is 0 Å². The van der Waals surface area contributed by atoms with Crippen LogP contribution in [0.15, 0.2) is 15.7 Å². The van der Waals surface area contributed by atoms with Crippen molar-refractivity contribution < 1.29 is 9.47 Å². The molecule has 2 aliphatic rings.